The highest BCUT2D eigenvalue weighted by atomic mass is 19.1. The molecule has 0 bridgehead atoms. The molecule has 1 saturated carbocycles. The fourth-order valence-electron chi connectivity index (χ4n) is 3.86. The second-order valence-electron chi connectivity index (χ2n) is 8.13. The highest BCUT2D eigenvalue weighted by molar-refractivity contribution is 5.82. The fourth-order valence-corrected chi connectivity index (χ4v) is 3.86. The largest absolute Gasteiger partial charge is 0.364 e. The van der Waals surface area contributed by atoms with Crippen molar-refractivity contribution in [3.8, 4) is 6.07 Å². The maximum atomic E-state index is 14.0. The smallest absolute Gasteiger partial charge is 0.172 e. The summed E-state index contributed by atoms with van der Waals surface area (Å²) >= 11 is 0. The number of hydrogen-bond donors (Lipinski definition) is 1. The number of piperazine rings is 1. The first-order valence-electron chi connectivity index (χ1n) is 10.5. The summed E-state index contributed by atoms with van der Waals surface area (Å²) < 4.78 is 27.2. The maximum Gasteiger partial charge on any atom is 0.172 e. The molecule has 5 rings (SSSR count). The van der Waals surface area contributed by atoms with E-state index >= 15 is 0 Å². The topological polar surface area (TPSA) is 68.1 Å². The van der Waals surface area contributed by atoms with Crippen LogP contribution in [0, 0.1) is 23.0 Å². The Labute approximate surface area is 179 Å². The predicted molar refractivity (Wildman–Crippen MR) is 115 cm³/mol. The third-order valence-corrected chi connectivity index (χ3v) is 5.77. The van der Waals surface area contributed by atoms with Gasteiger partial charge in [-0.2, -0.15) is 5.26 Å². The molecule has 2 aliphatic rings. The standard InChI is InChI=1S/C23H22F2N6/c24-17-3-2-16(19(25)12-17)14-30-7-9-31(10-8-30)23-22(27-18-4-5-18)28-21-11-15(13-26)1-6-20(21)29-23/h1-3,6,11-12,18H,4-5,7-10,14H2,(H,27,28). The molecule has 6 nitrogen and oxygen atoms in total. The van der Waals surface area contributed by atoms with Gasteiger partial charge in [0.2, 0.25) is 0 Å². The van der Waals surface area contributed by atoms with Crippen molar-refractivity contribution in [1.82, 2.24) is 14.9 Å². The van der Waals surface area contributed by atoms with Crippen LogP contribution in [0.25, 0.3) is 11.0 Å². The van der Waals surface area contributed by atoms with Crippen LogP contribution in [0.5, 0.6) is 0 Å². The van der Waals surface area contributed by atoms with E-state index in [0.29, 0.717) is 29.2 Å². The Bertz CT molecular complexity index is 1160. The molecule has 8 heteroatoms. The van der Waals surface area contributed by atoms with E-state index in [1.54, 1.807) is 12.1 Å². The Morgan fingerprint density at radius 1 is 1.00 bits per heavy atom. The highest BCUT2D eigenvalue weighted by Crippen LogP contribution is 2.31. The van der Waals surface area contributed by atoms with Crippen LogP contribution in [0.2, 0.25) is 0 Å². The molecule has 0 amide bonds. The molecule has 2 aromatic carbocycles. The Balaban J connectivity index is 1.35. The van der Waals surface area contributed by atoms with E-state index in [2.05, 4.69) is 21.2 Å². The second-order valence-corrected chi connectivity index (χ2v) is 8.13. The number of rotatable bonds is 5. The molecule has 158 valence electrons. The van der Waals surface area contributed by atoms with Gasteiger partial charge >= 0.3 is 0 Å². The van der Waals surface area contributed by atoms with Crippen LogP contribution in [0.3, 0.4) is 0 Å². The number of aromatic nitrogens is 2. The van der Waals surface area contributed by atoms with Gasteiger partial charge in [0.25, 0.3) is 0 Å². The Kier molecular flexibility index (Phi) is 5.12. The lowest BCUT2D eigenvalue weighted by Gasteiger charge is -2.36. The molecule has 2 heterocycles. The number of anilines is 2. The van der Waals surface area contributed by atoms with Crippen molar-refractivity contribution in [2.24, 2.45) is 0 Å². The Hall–Kier alpha value is -3.31. The molecule has 0 radical (unpaired) electrons. The van der Waals surface area contributed by atoms with Crippen LogP contribution in [0.15, 0.2) is 36.4 Å². The normalized spacial score (nSPS) is 17.0. The SMILES string of the molecule is N#Cc1ccc2nc(N3CCN(Cc4ccc(F)cc4F)CC3)c(NC3CC3)nc2c1. The van der Waals surface area contributed by atoms with Crippen LogP contribution in [-0.4, -0.2) is 47.1 Å². The lowest BCUT2D eigenvalue weighted by molar-refractivity contribution is 0.246. The number of nitriles is 1. The van der Waals surface area contributed by atoms with E-state index in [9.17, 15) is 14.0 Å². The average Bonchev–Trinajstić information content (AvgIpc) is 3.59. The van der Waals surface area contributed by atoms with E-state index in [-0.39, 0.29) is 0 Å². The Morgan fingerprint density at radius 2 is 1.81 bits per heavy atom. The number of nitrogens with zero attached hydrogens (tertiary/aromatic N) is 5. The van der Waals surface area contributed by atoms with Gasteiger partial charge in [-0.25, -0.2) is 18.7 Å². The highest BCUT2D eigenvalue weighted by Gasteiger charge is 2.27. The van der Waals surface area contributed by atoms with Crippen LogP contribution in [0.4, 0.5) is 20.4 Å². The predicted octanol–water partition coefficient (Wildman–Crippen LogP) is 3.68. The zero-order valence-corrected chi connectivity index (χ0v) is 17.0. The monoisotopic (exact) mass is 420 g/mol. The maximum absolute atomic E-state index is 14.0. The average molecular weight is 420 g/mol. The number of fused-ring (bicyclic) bond motifs is 1. The molecule has 0 unspecified atom stereocenters. The minimum atomic E-state index is -0.557. The van der Waals surface area contributed by atoms with Gasteiger partial charge < -0.3 is 10.2 Å². The second kappa shape index (κ2) is 8.08. The van der Waals surface area contributed by atoms with Crippen molar-refractivity contribution in [1.29, 1.82) is 5.26 Å². The van der Waals surface area contributed by atoms with Crippen LogP contribution < -0.4 is 10.2 Å². The molecule has 1 N–H and O–H groups in total. The summed E-state index contributed by atoms with van der Waals surface area (Å²) in [6.45, 7) is 3.41. The van der Waals surface area contributed by atoms with E-state index in [0.717, 1.165) is 62.2 Å². The zero-order chi connectivity index (χ0) is 21.4. The first-order valence-corrected chi connectivity index (χ1v) is 10.5. The van der Waals surface area contributed by atoms with E-state index in [4.69, 9.17) is 9.97 Å². The van der Waals surface area contributed by atoms with Gasteiger partial charge in [-0.1, -0.05) is 6.07 Å². The first kappa shape index (κ1) is 19.6. The summed E-state index contributed by atoms with van der Waals surface area (Å²) in [5, 5.41) is 12.7. The van der Waals surface area contributed by atoms with Gasteiger partial charge in [0.1, 0.15) is 11.6 Å². The summed E-state index contributed by atoms with van der Waals surface area (Å²) in [6, 6.07) is 11.7. The van der Waals surface area contributed by atoms with Crippen molar-refractivity contribution in [3.05, 3.63) is 59.2 Å². The van der Waals surface area contributed by atoms with E-state index in [1.165, 1.54) is 12.1 Å². The third kappa shape index (κ3) is 4.28. The van der Waals surface area contributed by atoms with Gasteiger partial charge in [-0.05, 0) is 37.1 Å². The van der Waals surface area contributed by atoms with Gasteiger partial charge in [0, 0.05) is 50.4 Å². The number of hydrogen-bond acceptors (Lipinski definition) is 6. The van der Waals surface area contributed by atoms with Crippen molar-refractivity contribution in [2.75, 3.05) is 36.4 Å². The Morgan fingerprint density at radius 3 is 2.52 bits per heavy atom. The van der Waals surface area contributed by atoms with Crippen molar-refractivity contribution >= 4 is 22.7 Å². The van der Waals surface area contributed by atoms with E-state index in [1.807, 2.05) is 6.07 Å². The molecular weight excluding hydrogens is 398 g/mol. The molecule has 0 atom stereocenters. The van der Waals surface area contributed by atoms with Crippen molar-refractivity contribution in [2.45, 2.75) is 25.4 Å². The molecule has 1 saturated heterocycles. The number of nitrogens with one attached hydrogen (secondary N) is 1. The lowest BCUT2D eigenvalue weighted by atomic mass is 10.1. The molecule has 1 aliphatic carbocycles. The summed E-state index contributed by atoms with van der Waals surface area (Å²) in [6.07, 6.45) is 2.24. The van der Waals surface area contributed by atoms with Crippen LogP contribution >= 0.6 is 0 Å². The number of benzene rings is 2. The van der Waals surface area contributed by atoms with E-state index < -0.39 is 11.6 Å². The van der Waals surface area contributed by atoms with Gasteiger partial charge in [0.15, 0.2) is 11.6 Å². The summed E-state index contributed by atoms with van der Waals surface area (Å²) in [4.78, 5) is 14.0. The van der Waals surface area contributed by atoms with Gasteiger partial charge in [-0.3, -0.25) is 4.90 Å². The molecular formula is C23H22F2N6. The summed E-state index contributed by atoms with van der Waals surface area (Å²) in [7, 11) is 0. The quantitative estimate of drug-likeness (QED) is 0.679. The van der Waals surface area contributed by atoms with Crippen molar-refractivity contribution < 1.29 is 8.78 Å². The summed E-state index contributed by atoms with van der Waals surface area (Å²) in [5.74, 6) is 0.508. The van der Waals surface area contributed by atoms with Gasteiger partial charge in [-0.15, -0.1) is 0 Å². The minimum Gasteiger partial charge on any atom is -0.364 e. The molecule has 1 aromatic heterocycles. The van der Waals surface area contributed by atoms with Crippen LogP contribution in [-0.2, 0) is 6.54 Å². The van der Waals surface area contributed by atoms with Crippen LogP contribution in [0.1, 0.15) is 24.0 Å². The molecule has 2 fully saturated rings. The van der Waals surface area contributed by atoms with Crippen molar-refractivity contribution in [3.63, 3.8) is 0 Å². The molecule has 31 heavy (non-hydrogen) atoms. The minimum absolute atomic E-state index is 0.424. The molecule has 1 aliphatic heterocycles. The summed E-state index contributed by atoms with van der Waals surface area (Å²) in [5.41, 5.74) is 2.53. The van der Waals surface area contributed by atoms with Gasteiger partial charge in [0.05, 0.1) is 22.7 Å². The molecule has 0 spiro atoms. The number of halogens is 2. The first-order chi connectivity index (χ1) is 15.1. The zero-order valence-electron chi connectivity index (χ0n) is 17.0. The molecule has 3 aromatic rings. The third-order valence-electron chi connectivity index (χ3n) is 5.77. The lowest BCUT2D eigenvalue weighted by Crippen LogP contribution is -2.46. The fraction of sp³-hybridized carbons (Fsp3) is 0.348.